The summed E-state index contributed by atoms with van der Waals surface area (Å²) < 4.78 is 18.4. The second kappa shape index (κ2) is 8.20. The summed E-state index contributed by atoms with van der Waals surface area (Å²) in [6.07, 6.45) is 0. The molecule has 0 aromatic heterocycles. The number of halogens is 2. The van der Waals surface area contributed by atoms with Crippen LogP contribution in [0.2, 0.25) is 0 Å². The molecule has 1 aromatic carbocycles. The van der Waals surface area contributed by atoms with E-state index >= 15 is 0 Å². The predicted octanol–water partition coefficient (Wildman–Crippen LogP) is 1.99. The van der Waals surface area contributed by atoms with Crippen molar-refractivity contribution in [3.8, 4) is 5.75 Å². The minimum atomic E-state index is -0.328. The van der Waals surface area contributed by atoms with Crippen LogP contribution in [0.5, 0.6) is 5.75 Å². The zero-order valence-electron chi connectivity index (χ0n) is 12.3. The van der Waals surface area contributed by atoms with Crippen molar-refractivity contribution in [3.63, 3.8) is 0 Å². The Labute approximate surface area is 130 Å². The van der Waals surface area contributed by atoms with Gasteiger partial charge < -0.3 is 15.4 Å². The van der Waals surface area contributed by atoms with E-state index in [1.54, 1.807) is 12.1 Å². The van der Waals surface area contributed by atoms with Gasteiger partial charge in [0.25, 0.3) is 0 Å². The van der Waals surface area contributed by atoms with Crippen molar-refractivity contribution in [1.82, 2.24) is 10.6 Å². The number of ether oxygens (including phenoxy) is 1. The maximum Gasteiger partial charge on any atom is 0.223 e. The molecule has 2 N–H and O–H groups in total. The lowest BCUT2D eigenvalue weighted by Crippen LogP contribution is -2.51. The zero-order chi connectivity index (χ0) is 14.5. The van der Waals surface area contributed by atoms with Crippen LogP contribution in [-0.4, -0.2) is 31.6 Å². The number of amides is 1. The molecule has 1 heterocycles. The third-order valence-electron chi connectivity index (χ3n) is 3.62. The number of carbonyl (C=O) groups excluding carboxylic acids is 1. The standard InChI is InChI=1S/C15H21FN2O2.ClH/c1-10(9-20-14-5-3-4-13(16)6-14)18-15(19)11(2)12-7-17-8-12;/h3-6,10-12,17H,7-9H2,1-2H3,(H,18,19);1H. The van der Waals surface area contributed by atoms with Crippen LogP contribution in [0, 0.1) is 17.7 Å². The van der Waals surface area contributed by atoms with Gasteiger partial charge in [0.05, 0.1) is 6.04 Å². The maximum atomic E-state index is 13.0. The summed E-state index contributed by atoms with van der Waals surface area (Å²) in [4.78, 5) is 12.0. The highest BCUT2D eigenvalue weighted by Gasteiger charge is 2.29. The van der Waals surface area contributed by atoms with Crippen LogP contribution in [0.3, 0.4) is 0 Å². The minimum absolute atomic E-state index is 0. The van der Waals surface area contributed by atoms with E-state index in [9.17, 15) is 9.18 Å². The monoisotopic (exact) mass is 316 g/mol. The first-order chi connectivity index (χ1) is 9.56. The molecular weight excluding hydrogens is 295 g/mol. The summed E-state index contributed by atoms with van der Waals surface area (Å²) in [6.45, 7) is 5.96. The van der Waals surface area contributed by atoms with Crippen LogP contribution < -0.4 is 15.4 Å². The molecule has 4 nitrogen and oxygen atoms in total. The Balaban J connectivity index is 0.00000220. The molecule has 0 bridgehead atoms. The Morgan fingerprint density at radius 3 is 2.76 bits per heavy atom. The third kappa shape index (κ3) is 5.17. The molecule has 0 radical (unpaired) electrons. The van der Waals surface area contributed by atoms with Gasteiger partial charge in [0.15, 0.2) is 0 Å². The van der Waals surface area contributed by atoms with Gasteiger partial charge >= 0.3 is 0 Å². The molecule has 2 unspecified atom stereocenters. The van der Waals surface area contributed by atoms with E-state index < -0.39 is 0 Å². The third-order valence-corrected chi connectivity index (χ3v) is 3.62. The summed E-state index contributed by atoms with van der Waals surface area (Å²) in [5, 5.41) is 6.09. The number of hydrogen-bond acceptors (Lipinski definition) is 3. The number of carbonyl (C=O) groups is 1. The lowest BCUT2D eigenvalue weighted by molar-refractivity contribution is -0.127. The van der Waals surface area contributed by atoms with E-state index in [1.807, 2.05) is 13.8 Å². The topological polar surface area (TPSA) is 50.4 Å². The van der Waals surface area contributed by atoms with Gasteiger partial charge in [-0.15, -0.1) is 12.4 Å². The fourth-order valence-corrected chi connectivity index (χ4v) is 2.07. The van der Waals surface area contributed by atoms with E-state index in [2.05, 4.69) is 10.6 Å². The number of rotatable bonds is 6. The highest BCUT2D eigenvalue weighted by Crippen LogP contribution is 2.16. The van der Waals surface area contributed by atoms with Gasteiger partial charge in [0, 0.05) is 12.0 Å². The van der Waals surface area contributed by atoms with Gasteiger partial charge in [-0.25, -0.2) is 4.39 Å². The number of hydrogen-bond donors (Lipinski definition) is 2. The van der Waals surface area contributed by atoms with Crippen LogP contribution in [0.4, 0.5) is 4.39 Å². The van der Waals surface area contributed by atoms with E-state index in [4.69, 9.17) is 4.74 Å². The molecule has 0 spiro atoms. The molecule has 1 saturated heterocycles. The molecule has 1 aliphatic heterocycles. The van der Waals surface area contributed by atoms with Crippen molar-refractivity contribution in [2.24, 2.45) is 11.8 Å². The normalized spacial score (nSPS) is 17.1. The average Bonchev–Trinajstić information content (AvgIpc) is 2.34. The van der Waals surface area contributed by atoms with Crippen LogP contribution in [0.1, 0.15) is 13.8 Å². The molecule has 0 saturated carbocycles. The Morgan fingerprint density at radius 1 is 1.48 bits per heavy atom. The van der Waals surface area contributed by atoms with E-state index in [0.717, 1.165) is 13.1 Å². The molecule has 1 aromatic rings. The van der Waals surface area contributed by atoms with E-state index in [1.165, 1.54) is 12.1 Å². The van der Waals surface area contributed by atoms with Crippen LogP contribution in [0.15, 0.2) is 24.3 Å². The first-order valence-corrected chi connectivity index (χ1v) is 6.95. The molecular formula is C15H22ClFN2O2. The second-order valence-corrected chi connectivity index (χ2v) is 5.39. The molecule has 2 rings (SSSR count). The smallest absolute Gasteiger partial charge is 0.223 e. The highest BCUT2D eigenvalue weighted by atomic mass is 35.5. The van der Waals surface area contributed by atoms with Gasteiger partial charge in [-0.1, -0.05) is 13.0 Å². The fraction of sp³-hybridized carbons (Fsp3) is 0.533. The maximum absolute atomic E-state index is 13.0. The summed E-state index contributed by atoms with van der Waals surface area (Å²) in [5.74, 6) is 0.624. The SMILES string of the molecule is CC(COc1cccc(F)c1)NC(=O)C(C)C1CNC1.Cl. The Bertz CT molecular complexity index is 469. The van der Waals surface area contributed by atoms with Gasteiger partial charge in [-0.05, 0) is 38.1 Å². The number of benzene rings is 1. The van der Waals surface area contributed by atoms with Crippen LogP contribution in [0.25, 0.3) is 0 Å². The molecule has 2 atom stereocenters. The van der Waals surface area contributed by atoms with Crippen molar-refractivity contribution >= 4 is 18.3 Å². The lowest BCUT2D eigenvalue weighted by Gasteiger charge is -2.32. The van der Waals surface area contributed by atoms with Gasteiger partial charge in [0.1, 0.15) is 18.2 Å². The predicted molar refractivity (Wildman–Crippen MR) is 82.3 cm³/mol. The fourth-order valence-electron chi connectivity index (χ4n) is 2.07. The van der Waals surface area contributed by atoms with Crippen molar-refractivity contribution in [1.29, 1.82) is 0 Å². The lowest BCUT2D eigenvalue weighted by atomic mass is 9.88. The van der Waals surface area contributed by atoms with Crippen molar-refractivity contribution in [2.45, 2.75) is 19.9 Å². The molecule has 0 aliphatic carbocycles. The van der Waals surface area contributed by atoms with Crippen molar-refractivity contribution < 1.29 is 13.9 Å². The minimum Gasteiger partial charge on any atom is -0.491 e. The zero-order valence-corrected chi connectivity index (χ0v) is 13.1. The first-order valence-electron chi connectivity index (χ1n) is 6.95. The molecule has 1 fully saturated rings. The molecule has 1 amide bonds. The van der Waals surface area contributed by atoms with Crippen molar-refractivity contribution in [2.75, 3.05) is 19.7 Å². The summed E-state index contributed by atoms with van der Waals surface area (Å²) >= 11 is 0. The van der Waals surface area contributed by atoms with Gasteiger partial charge in [0.2, 0.25) is 5.91 Å². The summed E-state index contributed by atoms with van der Waals surface area (Å²) in [7, 11) is 0. The highest BCUT2D eigenvalue weighted by molar-refractivity contribution is 5.85. The van der Waals surface area contributed by atoms with Crippen LogP contribution >= 0.6 is 12.4 Å². The van der Waals surface area contributed by atoms with E-state index in [0.29, 0.717) is 18.3 Å². The van der Waals surface area contributed by atoms with E-state index in [-0.39, 0.29) is 36.1 Å². The molecule has 21 heavy (non-hydrogen) atoms. The van der Waals surface area contributed by atoms with Crippen LogP contribution in [-0.2, 0) is 4.79 Å². The summed E-state index contributed by atoms with van der Waals surface area (Å²) in [6, 6.07) is 5.88. The first kappa shape index (κ1) is 17.7. The van der Waals surface area contributed by atoms with Gasteiger partial charge in [-0.3, -0.25) is 4.79 Å². The van der Waals surface area contributed by atoms with Gasteiger partial charge in [-0.2, -0.15) is 0 Å². The van der Waals surface area contributed by atoms with Crippen molar-refractivity contribution in [3.05, 3.63) is 30.1 Å². The Hall–Kier alpha value is -1.33. The number of nitrogens with one attached hydrogen (secondary N) is 2. The second-order valence-electron chi connectivity index (χ2n) is 5.39. The molecule has 1 aliphatic rings. The Kier molecular flexibility index (Phi) is 6.92. The quantitative estimate of drug-likeness (QED) is 0.844. The molecule has 118 valence electrons. The summed E-state index contributed by atoms with van der Waals surface area (Å²) in [5.41, 5.74) is 0. The molecule has 6 heteroatoms. The largest absolute Gasteiger partial charge is 0.491 e. The Morgan fingerprint density at radius 2 is 2.19 bits per heavy atom. The average molecular weight is 317 g/mol.